The van der Waals surface area contributed by atoms with Gasteiger partial charge in [-0.1, -0.05) is 30.7 Å². The van der Waals surface area contributed by atoms with Crippen LogP contribution in [0.15, 0.2) is 77.7 Å². The molecule has 0 bridgehead atoms. The number of aryl methyl sites for hydroxylation is 1. The monoisotopic (exact) mass is 478 g/mol. The lowest BCUT2D eigenvalue weighted by Crippen LogP contribution is -2.24. The number of thioether (sulfide) groups is 1. The number of nitrogens with two attached hydrogens (primary N) is 1. The number of anilines is 3. The van der Waals surface area contributed by atoms with E-state index >= 15 is 0 Å². The molecule has 0 heterocycles. The number of thiocarbonyl (C=S) groups is 1. The van der Waals surface area contributed by atoms with Gasteiger partial charge in [0.25, 0.3) is 0 Å². The molecule has 0 aromatic heterocycles. The number of carbonyl (C=O) groups is 2. The van der Waals surface area contributed by atoms with E-state index in [-0.39, 0.29) is 11.2 Å². The fraction of sp³-hybridized carbons (Fsp3) is 0.160. The molecule has 0 saturated heterocycles. The molecule has 0 aliphatic rings. The Hall–Kier alpha value is -3.36. The van der Waals surface area contributed by atoms with E-state index in [1.54, 1.807) is 24.3 Å². The molecule has 0 fully saturated rings. The van der Waals surface area contributed by atoms with Crippen LogP contribution in [0.5, 0.6) is 0 Å². The van der Waals surface area contributed by atoms with Crippen LogP contribution in [-0.4, -0.2) is 22.2 Å². The Morgan fingerprint density at radius 2 is 1.52 bits per heavy atom. The fourth-order valence-electron chi connectivity index (χ4n) is 3.00. The number of amides is 2. The van der Waals surface area contributed by atoms with Gasteiger partial charge in [-0.05, 0) is 80.2 Å². The Balaban J connectivity index is 1.59. The molecular weight excluding hydrogens is 452 g/mol. The van der Waals surface area contributed by atoms with Crippen LogP contribution in [0.4, 0.5) is 17.1 Å². The van der Waals surface area contributed by atoms with Crippen molar-refractivity contribution in [2.24, 2.45) is 5.73 Å². The second-order valence-corrected chi connectivity index (χ2v) is 9.10. The lowest BCUT2D eigenvalue weighted by molar-refractivity contribution is -0.115. The zero-order chi connectivity index (χ0) is 23.8. The van der Waals surface area contributed by atoms with Gasteiger partial charge in [0.05, 0.1) is 5.25 Å². The molecular formula is C25H26N4O2S2. The van der Waals surface area contributed by atoms with Crippen molar-refractivity contribution in [3.8, 4) is 0 Å². The van der Waals surface area contributed by atoms with Crippen molar-refractivity contribution in [1.29, 1.82) is 0 Å². The Kier molecular flexibility index (Phi) is 8.46. The van der Waals surface area contributed by atoms with Gasteiger partial charge in [0.2, 0.25) is 11.8 Å². The first-order valence-electron chi connectivity index (χ1n) is 10.5. The largest absolute Gasteiger partial charge is 0.366 e. The summed E-state index contributed by atoms with van der Waals surface area (Å²) in [5.74, 6) is -0.610. The molecule has 2 amide bonds. The maximum absolute atomic E-state index is 12.8. The van der Waals surface area contributed by atoms with E-state index in [0.29, 0.717) is 22.8 Å². The molecule has 3 aromatic carbocycles. The number of primary amides is 1. The van der Waals surface area contributed by atoms with Crippen molar-refractivity contribution >= 4 is 58.0 Å². The third kappa shape index (κ3) is 7.34. The van der Waals surface area contributed by atoms with E-state index in [1.807, 2.05) is 62.4 Å². The summed E-state index contributed by atoms with van der Waals surface area (Å²) in [5.41, 5.74) is 9.20. The topological polar surface area (TPSA) is 96.2 Å². The number of carbonyl (C=O) groups excluding carboxylic acids is 2. The Morgan fingerprint density at radius 1 is 0.909 bits per heavy atom. The average Bonchev–Trinajstić information content (AvgIpc) is 2.79. The summed E-state index contributed by atoms with van der Waals surface area (Å²) in [6.07, 6.45) is 0.654. The van der Waals surface area contributed by atoms with Gasteiger partial charge >= 0.3 is 0 Å². The SMILES string of the molecule is CCC(Sc1cccc(NC(=S)Nc2ccc(C)cc2)c1)C(=O)Nc1ccc(C(N)=O)cc1. The lowest BCUT2D eigenvalue weighted by atomic mass is 10.2. The van der Waals surface area contributed by atoms with Gasteiger partial charge in [0, 0.05) is 27.5 Å². The second-order valence-electron chi connectivity index (χ2n) is 7.42. The van der Waals surface area contributed by atoms with Crippen LogP contribution in [0.25, 0.3) is 0 Å². The normalized spacial score (nSPS) is 11.3. The molecule has 170 valence electrons. The predicted molar refractivity (Wildman–Crippen MR) is 141 cm³/mol. The average molecular weight is 479 g/mol. The van der Waals surface area contributed by atoms with Crippen molar-refractivity contribution in [3.63, 3.8) is 0 Å². The van der Waals surface area contributed by atoms with E-state index in [1.165, 1.54) is 17.3 Å². The quantitative estimate of drug-likeness (QED) is 0.255. The molecule has 33 heavy (non-hydrogen) atoms. The van der Waals surface area contributed by atoms with E-state index in [0.717, 1.165) is 16.3 Å². The van der Waals surface area contributed by atoms with Crippen LogP contribution in [0.2, 0.25) is 0 Å². The summed E-state index contributed by atoms with van der Waals surface area (Å²) in [5, 5.41) is 9.46. The van der Waals surface area contributed by atoms with Gasteiger partial charge in [-0.2, -0.15) is 0 Å². The van der Waals surface area contributed by atoms with Crippen LogP contribution in [-0.2, 0) is 4.79 Å². The van der Waals surface area contributed by atoms with Crippen LogP contribution in [0, 0.1) is 6.92 Å². The van der Waals surface area contributed by atoms with Crippen molar-refractivity contribution in [2.45, 2.75) is 30.4 Å². The maximum atomic E-state index is 12.8. The highest BCUT2D eigenvalue weighted by molar-refractivity contribution is 8.00. The lowest BCUT2D eigenvalue weighted by Gasteiger charge is -2.16. The van der Waals surface area contributed by atoms with E-state index in [4.69, 9.17) is 18.0 Å². The highest BCUT2D eigenvalue weighted by Gasteiger charge is 2.18. The number of hydrogen-bond donors (Lipinski definition) is 4. The molecule has 3 rings (SSSR count). The zero-order valence-electron chi connectivity index (χ0n) is 18.4. The minimum Gasteiger partial charge on any atom is -0.366 e. The van der Waals surface area contributed by atoms with Crippen molar-refractivity contribution in [1.82, 2.24) is 0 Å². The third-order valence-corrected chi connectivity index (χ3v) is 6.34. The highest BCUT2D eigenvalue weighted by atomic mass is 32.2. The van der Waals surface area contributed by atoms with Gasteiger partial charge < -0.3 is 21.7 Å². The standard InChI is InChI=1S/C25H26N4O2S2/c1-3-22(24(31)27-18-13-9-17(10-14-18)23(26)30)33-21-6-4-5-20(15-21)29-25(32)28-19-11-7-16(2)8-12-19/h4-15,22H,3H2,1-2H3,(H2,26,30)(H,27,31)(H2,28,29,32). The van der Waals surface area contributed by atoms with Crippen molar-refractivity contribution in [2.75, 3.05) is 16.0 Å². The maximum Gasteiger partial charge on any atom is 0.248 e. The number of hydrogen-bond acceptors (Lipinski definition) is 4. The summed E-state index contributed by atoms with van der Waals surface area (Å²) in [7, 11) is 0. The molecule has 0 saturated carbocycles. The van der Waals surface area contributed by atoms with E-state index in [9.17, 15) is 9.59 Å². The minimum absolute atomic E-state index is 0.107. The Morgan fingerprint density at radius 3 is 2.15 bits per heavy atom. The van der Waals surface area contributed by atoms with Crippen LogP contribution in [0.1, 0.15) is 29.3 Å². The minimum atomic E-state index is -0.503. The van der Waals surface area contributed by atoms with Crippen molar-refractivity contribution in [3.05, 3.63) is 83.9 Å². The second kappa shape index (κ2) is 11.5. The number of benzene rings is 3. The smallest absolute Gasteiger partial charge is 0.248 e. The van der Waals surface area contributed by atoms with Crippen molar-refractivity contribution < 1.29 is 9.59 Å². The number of nitrogens with one attached hydrogen (secondary N) is 3. The molecule has 6 nitrogen and oxygen atoms in total. The summed E-state index contributed by atoms with van der Waals surface area (Å²) in [6.45, 7) is 4.00. The van der Waals surface area contributed by atoms with Gasteiger partial charge in [0.1, 0.15) is 0 Å². The number of rotatable bonds is 8. The third-order valence-electron chi connectivity index (χ3n) is 4.78. The van der Waals surface area contributed by atoms with E-state index < -0.39 is 5.91 Å². The van der Waals surface area contributed by atoms with Crippen LogP contribution in [0.3, 0.4) is 0 Å². The highest BCUT2D eigenvalue weighted by Crippen LogP contribution is 2.28. The van der Waals surface area contributed by atoms with E-state index in [2.05, 4.69) is 16.0 Å². The van der Waals surface area contributed by atoms with Crippen LogP contribution >= 0.6 is 24.0 Å². The molecule has 1 unspecified atom stereocenters. The summed E-state index contributed by atoms with van der Waals surface area (Å²) in [6, 6.07) is 22.3. The zero-order valence-corrected chi connectivity index (χ0v) is 20.1. The van der Waals surface area contributed by atoms with Gasteiger partial charge in [-0.25, -0.2) is 0 Å². The molecule has 0 radical (unpaired) electrons. The first-order valence-corrected chi connectivity index (χ1v) is 11.7. The summed E-state index contributed by atoms with van der Waals surface area (Å²) in [4.78, 5) is 24.9. The first kappa shape index (κ1) is 24.3. The van der Waals surface area contributed by atoms with Gasteiger partial charge in [-0.15, -0.1) is 11.8 Å². The molecule has 0 aliphatic heterocycles. The summed E-state index contributed by atoms with van der Waals surface area (Å²) < 4.78 is 0. The molecule has 0 aliphatic carbocycles. The molecule has 3 aromatic rings. The summed E-state index contributed by atoms with van der Waals surface area (Å²) >= 11 is 6.90. The Bertz CT molecular complexity index is 1130. The molecule has 1 atom stereocenters. The molecule has 0 spiro atoms. The van der Waals surface area contributed by atoms with Gasteiger partial charge in [-0.3, -0.25) is 9.59 Å². The Labute approximate surface area is 203 Å². The molecule has 8 heteroatoms. The fourth-order valence-corrected chi connectivity index (χ4v) is 4.25. The first-order chi connectivity index (χ1) is 15.8. The predicted octanol–water partition coefficient (Wildman–Crippen LogP) is 5.41. The van der Waals surface area contributed by atoms with Crippen LogP contribution < -0.4 is 21.7 Å². The molecule has 5 N–H and O–H groups in total. The van der Waals surface area contributed by atoms with Gasteiger partial charge in [0.15, 0.2) is 5.11 Å².